The Morgan fingerprint density at radius 3 is 2.74 bits per heavy atom. The number of aromatic nitrogens is 2. The third kappa shape index (κ3) is 5.31. The van der Waals surface area contributed by atoms with E-state index in [9.17, 15) is 9.59 Å². The molecule has 1 saturated carbocycles. The summed E-state index contributed by atoms with van der Waals surface area (Å²) in [6.07, 6.45) is 9.05. The van der Waals surface area contributed by atoms with Crippen molar-refractivity contribution >= 4 is 11.9 Å². The molecular weight excluding hydrogens is 300 g/mol. The van der Waals surface area contributed by atoms with Gasteiger partial charge in [-0.15, -0.1) is 0 Å². The van der Waals surface area contributed by atoms with Gasteiger partial charge in [0.1, 0.15) is 0 Å². The van der Waals surface area contributed by atoms with Crippen LogP contribution in [0.4, 0.5) is 0 Å². The Morgan fingerprint density at radius 2 is 2.09 bits per heavy atom. The number of nitrogen functional groups attached to an aromatic ring is 1. The molecule has 0 bridgehead atoms. The summed E-state index contributed by atoms with van der Waals surface area (Å²) in [5.74, 6) is 3.83. The van der Waals surface area contributed by atoms with Crippen molar-refractivity contribution in [1.29, 1.82) is 0 Å². The summed E-state index contributed by atoms with van der Waals surface area (Å²) in [5, 5.41) is 12.6. The van der Waals surface area contributed by atoms with Gasteiger partial charge in [0.05, 0.1) is 6.42 Å². The van der Waals surface area contributed by atoms with Crippen LogP contribution in [0.15, 0.2) is 4.52 Å². The SMILES string of the molecule is NNC(=O)c1noc([C@H](CCCC2CCCCC2)CC(=O)O)n1. The molecule has 8 heteroatoms. The van der Waals surface area contributed by atoms with E-state index in [1.54, 1.807) is 0 Å². The first-order chi connectivity index (χ1) is 11.1. The molecule has 23 heavy (non-hydrogen) atoms. The molecule has 0 saturated heterocycles. The smallest absolute Gasteiger partial charge is 0.306 e. The van der Waals surface area contributed by atoms with Crippen LogP contribution in [-0.4, -0.2) is 27.1 Å². The summed E-state index contributed by atoms with van der Waals surface area (Å²) in [4.78, 5) is 26.4. The largest absolute Gasteiger partial charge is 0.481 e. The summed E-state index contributed by atoms with van der Waals surface area (Å²) in [6, 6.07) is 0. The van der Waals surface area contributed by atoms with Crippen molar-refractivity contribution in [1.82, 2.24) is 15.6 Å². The number of carboxylic acid groups (broad SMARTS) is 1. The minimum atomic E-state index is -0.921. The van der Waals surface area contributed by atoms with Crippen LogP contribution in [0.25, 0.3) is 0 Å². The van der Waals surface area contributed by atoms with Crippen LogP contribution in [0.5, 0.6) is 0 Å². The lowest BCUT2D eigenvalue weighted by molar-refractivity contribution is -0.137. The molecule has 2 rings (SSSR count). The summed E-state index contributed by atoms with van der Waals surface area (Å²) < 4.78 is 5.05. The molecule has 0 unspecified atom stereocenters. The molecular formula is C15H24N4O4. The maximum atomic E-state index is 11.4. The molecule has 1 atom stereocenters. The Morgan fingerprint density at radius 1 is 1.35 bits per heavy atom. The van der Waals surface area contributed by atoms with Crippen molar-refractivity contribution in [2.75, 3.05) is 0 Å². The molecule has 128 valence electrons. The monoisotopic (exact) mass is 324 g/mol. The highest BCUT2D eigenvalue weighted by Crippen LogP contribution is 2.30. The van der Waals surface area contributed by atoms with Gasteiger partial charge < -0.3 is 9.63 Å². The van der Waals surface area contributed by atoms with Gasteiger partial charge in [0, 0.05) is 5.92 Å². The topological polar surface area (TPSA) is 131 Å². The van der Waals surface area contributed by atoms with E-state index in [-0.39, 0.29) is 24.1 Å². The number of carboxylic acids is 1. The van der Waals surface area contributed by atoms with Gasteiger partial charge in [-0.05, 0) is 12.3 Å². The number of rotatable bonds is 8. The fraction of sp³-hybridized carbons (Fsp3) is 0.733. The number of aliphatic carboxylic acids is 1. The molecule has 1 aliphatic rings. The average Bonchev–Trinajstić information content (AvgIpc) is 3.04. The minimum Gasteiger partial charge on any atom is -0.481 e. The maximum Gasteiger partial charge on any atom is 0.306 e. The number of hydrogen-bond acceptors (Lipinski definition) is 6. The molecule has 0 spiro atoms. The third-order valence-electron chi connectivity index (χ3n) is 4.44. The van der Waals surface area contributed by atoms with Crippen LogP contribution < -0.4 is 11.3 Å². The second-order valence-electron chi connectivity index (χ2n) is 6.16. The van der Waals surface area contributed by atoms with Gasteiger partial charge in [0.25, 0.3) is 5.82 Å². The molecule has 1 aromatic heterocycles. The quantitative estimate of drug-likeness (QED) is 0.378. The van der Waals surface area contributed by atoms with Crippen LogP contribution in [0.1, 0.15) is 80.2 Å². The van der Waals surface area contributed by atoms with E-state index in [1.165, 1.54) is 32.1 Å². The van der Waals surface area contributed by atoms with E-state index < -0.39 is 11.9 Å². The molecule has 8 nitrogen and oxygen atoms in total. The molecule has 0 radical (unpaired) electrons. The number of nitrogens with two attached hydrogens (primary N) is 1. The van der Waals surface area contributed by atoms with E-state index in [0.29, 0.717) is 6.42 Å². The highest BCUT2D eigenvalue weighted by molar-refractivity contribution is 5.89. The van der Waals surface area contributed by atoms with Gasteiger partial charge >= 0.3 is 11.9 Å². The zero-order valence-corrected chi connectivity index (χ0v) is 13.2. The van der Waals surface area contributed by atoms with Crippen LogP contribution in [0.3, 0.4) is 0 Å². The molecule has 4 N–H and O–H groups in total. The predicted octanol–water partition coefficient (Wildman–Crippen LogP) is 1.98. The minimum absolute atomic E-state index is 0.0868. The van der Waals surface area contributed by atoms with E-state index in [2.05, 4.69) is 10.1 Å². The van der Waals surface area contributed by atoms with Crippen LogP contribution in [0, 0.1) is 5.92 Å². The number of nitrogens with zero attached hydrogens (tertiary/aromatic N) is 2. The Hall–Kier alpha value is -1.96. The molecule has 0 aliphatic heterocycles. The zero-order chi connectivity index (χ0) is 16.7. The normalized spacial score (nSPS) is 16.9. The standard InChI is InChI=1S/C15H24N4O4/c16-18-14(22)13-17-15(23-19-13)11(9-12(20)21)8-4-7-10-5-2-1-3-6-10/h10-11H,1-9,16H2,(H,18,22)(H,20,21)/t11-/m1/s1. The Kier molecular flexibility index (Phi) is 6.52. The predicted molar refractivity (Wildman–Crippen MR) is 81.4 cm³/mol. The lowest BCUT2D eigenvalue weighted by atomic mass is 9.84. The summed E-state index contributed by atoms with van der Waals surface area (Å²) >= 11 is 0. The van der Waals surface area contributed by atoms with Gasteiger partial charge in [-0.2, -0.15) is 4.98 Å². The molecule has 1 aromatic rings. The van der Waals surface area contributed by atoms with Crippen molar-refractivity contribution in [2.24, 2.45) is 11.8 Å². The fourth-order valence-corrected chi connectivity index (χ4v) is 3.21. The fourth-order valence-electron chi connectivity index (χ4n) is 3.21. The average molecular weight is 324 g/mol. The van der Waals surface area contributed by atoms with E-state index in [1.807, 2.05) is 5.43 Å². The van der Waals surface area contributed by atoms with Crippen molar-refractivity contribution in [3.8, 4) is 0 Å². The molecule has 1 amide bonds. The number of hydrazine groups is 1. The Balaban J connectivity index is 1.91. The first-order valence-corrected chi connectivity index (χ1v) is 8.16. The number of carbonyl (C=O) groups excluding carboxylic acids is 1. The Labute approximate surface area is 134 Å². The lowest BCUT2D eigenvalue weighted by Gasteiger charge is -2.21. The van der Waals surface area contributed by atoms with Crippen molar-refractivity contribution < 1.29 is 19.2 Å². The van der Waals surface area contributed by atoms with E-state index in [4.69, 9.17) is 15.5 Å². The first kappa shape index (κ1) is 17.4. The van der Waals surface area contributed by atoms with Gasteiger partial charge in [-0.1, -0.05) is 50.1 Å². The zero-order valence-electron chi connectivity index (χ0n) is 13.2. The lowest BCUT2D eigenvalue weighted by Crippen LogP contribution is -2.30. The second-order valence-corrected chi connectivity index (χ2v) is 6.16. The molecule has 1 aliphatic carbocycles. The molecule has 1 fully saturated rings. The van der Waals surface area contributed by atoms with Gasteiger partial charge in [-0.3, -0.25) is 15.0 Å². The van der Waals surface area contributed by atoms with Gasteiger partial charge in [-0.25, -0.2) is 5.84 Å². The van der Waals surface area contributed by atoms with Crippen LogP contribution in [-0.2, 0) is 4.79 Å². The van der Waals surface area contributed by atoms with Gasteiger partial charge in [0.2, 0.25) is 5.89 Å². The van der Waals surface area contributed by atoms with Crippen molar-refractivity contribution in [3.05, 3.63) is 11.7 Å². The highest BCUT2D eigenvalue weighted by atomic mass is 16.5. The highest BCUT2D eigenvalue weighted by Gasteiger charge is 2.24. The van der Waals surface area contributed by atoms with E-state index >= 15 is 0 Å². The second kappa shape index (κ2) is 8.61. The summed E-state index contributed by atoms with van der Waals surface area (Å²) in [6.45, 7) is 0. The number of amides is 1. The van der Waals surface area contributed by atoms with E-state index in [0.717, 1.165) is 18.8 Å². The number of nitrogens with one attached hydrogen (secondary N) is 1. The van der Waals surface area contributed by atoms with Gasteiger partial charge in [0.15, 0.2) is 0 Å². The van der Waals surface area contributed by atoms with Crippen molar-refractivity contribution in [2.45, 2.75) is 63.7 Å². The summed E-state index contributed by atoms with van der Waals surface area (Å²) in [7, 11) is 0. The molecule has 1 heterocycles. The number of hydrogen-bond donors (Lipinski definition) is 3. The maximum absolute atomic E-state index is 11.4. The molecule has 0 aromatic carbocycles. The van der Waals surface area contributed by atoms with Crippen LogP contribution in [0.2, 0.25) is 0 Å². The Bertz CT molecular complexity index is 525. The van der Waals surface area contributed by atoms with Crippen molar-refractivity contribution in [3.63, 3.8) is 0 Å². The number of carbonyl (C=O) groups is 2. The third-order valence-corrected chi connectivity index (χ3v) is 4.44. The first-order valence-electron chi connectivity index (χ1n) is 8.16. The summed E-state index contributed by atoms with van der Waals surface area (Å²) in [5.41, 5.74) is 1.92. The van der Waals surface area contributed by atoms with Crippen LogP contribution >= 0.6 is 0 Å².